The molecule has 4 rings (SSSR count). The maximum absolute atomic E-state index is 12.4. The summed E-state index contributed by atoms with van der Waals surface area (Å²) >= 11 is 0. The quantitative estimate of drug-likeness (QED) is 0.413. The van der Waals surface area contributed by atoms with Crippen LogP contribution in [-0.2, 0) is 29.2 Å². The zero-order valence-corrected chi connectivity index (χ0v) is 19.0. The van der Waals surface area contributed by atoms with E-state index in [-0.39, 0.29) is 11.6 Å². The summed E-state index contributed by atoms with van der Waals surface area (Å²) in [7, 11) is 0. The molecule has 7 nitrogen and oxygen atoms in total. The number of rotatable bonds is 11. The fourth-order valence-electron chi connectivity index (χ4n) is 3.79. The highest BCUT2D eigenvalue weighted by molar-refractivity contribution is 6.17. The van der Waals surface area contributed by atoms with Gasteiger partial charge in [-0.05, 0) is 54.6 Å². The van der Waals surface area contributed by atoms with Crippen LogP contribution in [0.25, 0.3) is 0 Å². The van der Waals surface area contributed by atoms with Crippen LogP contribution in [0.3, 0.4) is 0 Å². The van der Waals surface area contributed by atoms with Gasteiger partial charge >= 0.3 is 0 Å². The highest BCUT2D eigenvalue weighted by atomic mass is 16.1. The van der Waals surface area contributed by atoms with E-state index < -0.39 is 0 Å². The predicted octanol–water partition coefficient (Wildman–Crippen LogP) is 3.01. The molecule has 0 saturated heterocycles. The summed E-state index contributed by atoms with van der Waals surface area (Å²) in [6.45, 7) is 3.72. The van der Waals surface area contributed by atoms with Crippen molar-refractivity contribution in [3.63, 3.8) is 0 Å². The standard InChI is InChI=1S/C27H27N5O2/c33-26-10-11-27(34)22(17-26)18-31(19-23-7-1-4-12-28-23)15-16-32(20-24-8-2-5-13-29-24)21-25-9-3-6-14-30-25/h1-14,17H,15-16,18-21H2. The first-order valence-corrected chi connectivity index (χ1v) is 11.3. The van der Waals surface area contributed by atoms with Crippen LogP contribution in [0, 0.1) is 0 Å². The summed E-state index contributed by atoms with van der Waals surface area (Å²) in [5.74, 6) is -0.274. The van der Waals surface area contributed by atoms with Crippen LogP contribution >= 0.6 is 0 Å². The van der Waals surface area contributed by atoms with Crippen LogP contribution in [-0.4, -0.2) is 56.0 Å². The van der Waals surface area contributed by atoms with Crippen molar-refractivity contribution in [2.24, 2.45) is 0 Å². The van der Waals surface area contributed by atoms with E-state index in [1.165, 1.54) is 18.2 Å². The fourth-order valence-corrected chi connectivity index (χ4v) is 3.79. The molecule has 0 saturated carbocycles. The molecule has 1 aliphatic rings. The smallest absolute Gasteiger partial charge is 0.183 e. The largest absolute Gasteiger partial charge is 0.292 e. The Bertz CT molecular complexity index is 1110. The molecule has 0 atom stereocenters. The van der Waals surface area contributed by atoms with E-state index in [0.29, 0.717) is 38.3 Å². The molecule has 0 N–H and O–H groups in total. The van der Waals surface area contributed by atoms with Gasteiger partial charge in [0.15, 0.2) is 11.6 Å². The van der Waals surface area contributed by atoms with Gasteiger partial charge in [0.25, 0.3) is 0 Å². The van der Waals surface area contributed by atoms with Crippen molar-refractivity contribution in [2.45, 2.75) is 19.6 Å². The summed E-state index contributed by atoms with van der Waals surface area (Å²) in [6, 6.07) is 17.6. The van der Waals surface area contributed by atoms with Crippen molar-refractivity contribution in [1.29, 1.82) is 0 Å². The minimum Gasteiger partial charge on any atom is -0.292 e. The van der Waals surface area contributed by atoms with E-state index in [0.717, 1.165) is 23.6 Å². The number of aromatic nitrogens is 3. The first-order valence-electron chi connectivity index (χ1n) is 11.3. The minimum absolute atomic E-state index is 0.121. The summed E-state index contributed by atoms with van der Waals surface area (Å²) in [5, 5.41) is 0. The van der Waals surface area contributed by atoms with Gasteiger partial charge < -0.3 is 0 Å². The highest BCUT2D eigenvalue weighted by Crippen LogP contribution is 2.12. The number of ketones is 2. The molecular weight excluding hydrogens is 426 g/mol. The molecule has 3 aromatic heterocycles. The number of nitrogens with zero attached hydrogens (tertiary/aromatic N) is 5. The number of carbonyl (C=O) groups excluding carboxylic acids is 2. The van der Waals surface area contributed by atoms with Gasteiger partial charge in [-0.2, -0.15) is 0 Å². The second-order valence-electron chi connectivity index (χ2n) is 8.15. The summed E-state index contributed by atoms with van der Waals surface area (Å²) in [4.78, 5) is 42.1. The first kappa shape index (κ1) is 23.4. The number of allylic oxidation sites excluding steroid dienone is 3. The van der Waals surface area contributed by atoms with E-state index in [2.05, 4.69) is 24.8 Å². The van der Waals surface area contributed by atoms with Gasteiger partial charge in [0.1, 0.15) is 0 Å². The SMILES string of the molecule is O=C1C=CC(=O)C(CN(CCN(Cc2ccccn2)Cc2ccccn2)Cc2ccccn2)=C1. The van der Waals surface area contributed by atoms with Crippen LogP contribution in [0.4, 0.5) is 0 Å². The van der Waals surface area contributed by atoms with Gasteiger partial charge in [0.2, 0.25) is 0 Å². The van der Waals surface area contributed by atoms with Crippen molar-refractivity contribution in [1.82, 2.24) is 24.8 Å². The summed E-state index contributed by atoms with van der Waals surface area (Å²) in [5.41, 5.74) is 3.38. The third kappa shape index (κ3) is 7.10. The fraction of sp³-hybridized carbons (Fsp3) is 0.222. The second kappa shape index (κ2) is 11.9. The predicted molar refractivity (Wildman–Crippen MR) is 129 cm³/mol. The van der Waals surface area contributed by atoms with Crippen LogP contribution < -0.4 is 0 Å². The molecule has 0 radical (unpaired) electrons. The average Bonchev–Trinajstić information content (AvgIpc) is 2.86. The normalized spacial score (nSPS) is 13.5. The maximum atomic E-state index is 12.4. The number of hydrogen-bond donors (Lipinski definition) is 0. The van der Waals surface area contributed by atoms with E-state index in [4.69, 9.17) is 0 Å². The van der Waals surface area contributed by atoms with Crippen LogP contribution in [0.1, 0.15) is 17.1 Å². The highest BCUT2D eigenvalue weighted by Gasteiger charge is 2.19. The molecule has 0 fully saturated rings. The molecule has 34 heavy (non-hydrogen) atoms. The van der Waals surface area contributed by atoms with Gasteiger partial charge in [-0.3, -0.25) is 34.3 Å². The van der Waals surface area contributed by atoms with Gasteiger partial charge in [-0.1, -0.05) is 18.2 Å². The van der Waals surface area contributed by atoms with Crippen LogP contribution in [0.5, 0.6) is 0 Å². The number of hydrogen-bond acceptors (Lipinski definition) is 7. The molecular formula is C27H27N5O2. The Morgan fingerprint density at radius 2 is 1.06 bits per heavy atom. The maximum Gasteiger partial charge on any atom is 0.183 e. The molecule has 0 aromatic carbocycles. The lowest BCUT2D eigenvalue weighted by atomic mass is 10.0. The molecule has 7 heteroatoms. The topological polar surface area (TPSA) is 79.3 Å². The van der Waals surface area contributed by atoms with Gasteiger partial charge in [0, 0.05) is 63.4 Å². The van der Waals surface area contributed by atoms with Crippen molar-refractivity contribution >= 4 is 11.6 Å². The molecule has 1 aliphatic carbocycles. The lowest BCUT2D eigenvalue weighted by Crippen LogP contribution is -2.37. The third-order valence-corrected chi connectivity index (χ3v) is 5.49. The minimum atomic E-state index is -0.153. The summed E-state index contributed by atoms with van der Waals surface area (Å²) < 4.78 is 0. The molecule has 0 aliphatic heterocycles. The Balaban J connectivity index is 1.49. The summed E-state index contributed by atoms with van der Waals surface area (Å²) in [6.07, 6.45) is 9.47. The molecule has 3 heterocycles. The molecule has 0 bridgehead atoms. The van der Waals surface area contributed by atoms with Gasteiger partial charge in [-0.15, -0.1) is 0 Å². The van der Waals surface area contributed by atoms with E-state index in [1.807, 2.05) is 54.6 Å². The molecule has 172 valence electrons. The van der Waals surface area contributed by atoms with Gasteiger partial charge in [-0.25, -0.2) is 0 Å². The van der Waals surface area contributed by atoms with Crippen LogP contribution in [0.15, 0.2) is 97.0 Å². The Hall–Kier alpha value is -3.81. The van der Waals surface area contributed by atoms with Crippen molar-refractivity contribution in [2.75, 3.05) is 19.6 Å². The third-order valence-electron chi connectivity index (χ3n) is 5.49. The average molecular weight is 454 g/mol. The molecule has 3 aromatic rings. The number of carbonyl (C=O) groups is 2. The molecule has 0 spiro atoms. The van der Waals surface area contributed by atoms with Crippen molar-refractivity contribution in [3.8, 4) is 0 Å². The molecule has 0 unspecified atom stereocenters. The first-order chi connectivity index (χ1) is 16.7. The zero-order valence-electron chi connectivity index (χ0n) is 19.0. The monoisotopic (exact) mass is 453 g/mol. The lowest BCUT2D eigenvalue weighted by molar-refractivity contribution is -0.114. The van der Waals surface area contributed by atoms with Crippen LogP contribution in [0.2, 0.25) is 0 Å². The Morgan fingerprint density at radius 3 is 1.50 bits per heavy atom. The van der Waals surface area contributed by atoms with Gasteiger partial charge in [0.05, 0.1) is 17.1 Å². The Kier molecular flexibility index (Phi) is 8.16. The molecule has 0 amide bonds. The van der Waals surface area contributed by atoms with E-state index in [9.17, 15) is 9.59 Å². The lowest BCUT2D eigenvalue weighted by Gasteiger charge is -2.28. The van der Waals surface area contributed by atoms with E-state index in [1.54, 1.807) is 18.6 Å². The second-order valence-corrected chi connectivity index (χ2v) is 8.15. The van der Waals surface area contributed by atoms with Crippen molar-refractivity contribution < 1.29 is 9.59 Å². The Labute approximate surface area is 199 Å². The van der Waals surface area contributed by atoms with E-state index >= 15 is 0 Å². The Morgan fingerprint density at radius 1 is 0.588 bits per heavy atom. The number of pyridine rings is 3. The van der Waals surface area contributed by atoms with Crippen molar-refractivity contribution in [3.05, 3.63) is 114 Å². The zero-order chi connectivity index (χ0) is 23.6.